The number of rotatable bonds is 1. The number of amides is 2. The summed E-state index contributed by atoms with van der Waals surface area (Å²) in [6.45, 7) is 0.466. The fourth-order valence-corrected chi connectivity index (χ4v) is 1.39. The zero-order chi connectivity index (χ0) is 9.84. The summed E-state index contributed by atoms with van der Waals surface area (Å²) in [5.41, 5.74) is 5.05. The van der Waals surface area contributed by atoms with Gasteiger partial charge in [0.1, 0.15) is 0 Å². The summed E-state index contributed by atoms with van der Waals surface area (Å²) in [7, 11) is 0. The Hall–Kier alpha value is -1.46. The van der Waals surface area contributed by atoms with Crippen LogP contribution in [0.2, 0.25) is 0 Å². The molecule has 0 radical (unpaired) electrons. The molecule has 0 aromatic heterocycles. The molecule has 1 atom stereocenters. The van der Waals surface area contributed by atoms with E-state index in [4.69, 9.17) is 10.8 Å². The van der Waals surface area contributed by atoms with Crippen LogP contribution >= 0.6 is 0 Å². The predicted octanol–water partition coefficient (Wildman–Crippen LogP) is 0.572. The molecule has 13 heavy (non-hydrogen) atoms. The number of hydrogen-bond acceptors (Lipinski definition) is 3. The molecule has 3 N–H and O–H groups in total. The molecule has 74 valence electrons. The van der Waals surface area contributed by atoms with E-state index >= 15 is 0 Å². The van der Waals surface area contributed by atoms with Crippen molar-refractivity contribution in [1.29, 1.82) is 0 Å². The van der Waals surface area contributed by atoms with Gasteiger partial charge in [-0.05, 0) is 12.8 Å². The van der Waals surface area contributed by atoms with Crippen LogP contribution in [0.25, 0.3) is 0 Å². The number of carbonyl (C=O) groups is 2. The summed E-state index contributed by atoms with van der Waals surface area (Å²) in [6.07, 6.45) is 0.126. The Morgan fingerprint density at radius 2 is 2.15 bits per heavy atom. The van der Waals surface area contributed by atoms with Gasteiger partial charge < -0.3 is 15.6 Å². The molecule has 6 nitrogen and oxygen atoms in total. The molecule has 6 heteroatoms. The van der Waals surface area contributed by atoms with E-state index in [1.807, 2.05) is 0 Å². The minimum Gasteiger partial charge on any atom is -0.450 e. The van der Waals surface area contributed by atoms with Crippen molar-refractivity contribution in [3.05, 3.63) is 0 Å². The van der Waals surface area contributed by atoms with Crippen molar-refractivity contribution in [2.24, 2.45) is 5.73 Å². The van der Waals surface area contributed by atoms with Gasteiger partial charge in [0.2, 0.25) is 0 Å². The Balaban J connectivity index is 2.56. The van der Waals surface area contributed by atoms with Gasteiger partial charge in [0, 0.05) is 13.0 Å². The Morgan fingerprint density at radius 3 is 2.69 bits per heavy atom. The molecule has 0 spiro atoms. The average Bonchev–Trinajstić information content (AvgIpc) is 2.03. The van der Waals surface area contributed by atoms with Gasteiger partial charge in [-0.3, -0.25) is 4.90 Å². The van der Waals surface area contributed by atoms with Crippen molar-refractivity contribution in [2.75, 3.05) is 6.54 Å². The largest absolute Gasteiger partial charge is 0.507 e. The number of nitrogens with two attached hydrogens (primary N) is 1. The quantitative estimate of drug-likeness (QED) is 0.588. The van der Waals surface area contributed by atoms with E-state index in [0.717, 1.165) is 12.8 Å². The highest BCUT2D eigenvalue weighted by molar-refractivity contribution is 5.72. The minimum atomic E-state index is -1.38. The molecule has 1 aliphatic heterocycles. The summed E-state index contributed by atoms with van der Waals surface area (Å²) < 4.78 is 4.51. The summed E-state index contributed by atoms with van der Waals surface area (Å²) in [4.78, 5) is 22.3. The van der Waals surface area contributed by atoms with Crippen LogP contribution in [0.1, 0.15) is 19.3 Å². The first-order valence-electron chi connectivity index (χ1n) is 4.07. The molecule has 1 aliphatic rings. The highest BCUT2D eigenvalue weighted by Gasteiger charge is 2.27. The Kier molecular flexibility index (Phi) is 2.94. The summed E-state index contributed by atoms with van der Waals surface area (Å²) in [5.74, 6) is 0. The molecular formula is C7H12N2O4. The van der Waals surface area contributed by atoms with Gasteiger partial charge >= 0.3 is 12.2 Å². The molecular weight excluding hydrogens is 176 g/mol. The second-order valence-corrected chi connectivity index (χ2v) is 2.87. The predicted molar refractivity (Wildman–Crippen MR) is 43.0 cm³/mol. The Labute approximate surface area is 75.3 Å². The van der Waals surface area contributed by atoms with Crippen LogP contribution in [0.4, 0.5) is 9.59 Å². The smallest absolute Gasteiger partial charge is 0.450 e. The average molecular weight is 188 g/mol. The van der Waals surface area contributed by atoms with Gasteiger partial charge in [0.15, 0.2) is 6.23 Å². The highest BCUT2D eigenvalue weighted by Crippen LogP contribution is 2.17. The first-order valence-corrected chi connectivity index (χ1v) is 4.07. The number of likely N-dealkylation sites (tertiary alicyclic amines) is 1. The van der Waals surface area contributed by atoms with E-state index in [1.165, 1.54) is 4.90 Å². The lowest BCUT2D eigenvalue weighted by Gasteiger charge is -2.32. The molecule has 0 bridgehead atoms. The maximum Gasteiger partial charge on any atom is 0.507 e. The SMILES string of the molecule is NC(=O)N1CCCCC1OC(=O)O. The molecule has 0 saturated carbocycles. The third-order valence-electron chi connectivity index (χ3n) is 1.97. The Morgan fingerprint density at radius 1 is 1.46 bits per heavy atom. The lowest BCUT2D eigenvalue weighted by molar-refractivity contribution is -0.0320. The lowest BCUT2D eigenvalue weighted by atomic mass is 10.1. The number of primary amides is 1. The normalized spacial score (nSPS) is 22.5. The number of hydrogen-bond donors (Lipinski definition) is 2. The lowest BCUT2D eigenvalue weighted by Crippen LogP contribution is -2.48. The number of ether oxygens (including phenoxy) is 1. The van der Waals surface area contributed by atoms with Crippen LogP contribution in [0, 0.1) is 0 Å². The van der Waals surface area contributed by atoms with Crippen molar-refractivity contribution in [2.45, 2.75) is 25.5 Å². The van der Waals surface area contributed by atoms with Crippen molar-refractivity contribution in [3.63, 3.8) is 0 Å². The Bertz CT molecular complexity index is 219. The zero-order valence-corrected chi connectivity index (χ0v) is 7.10. The molecule has 1 saturated heterocycles. The monoisotopic (exact) mass is 188 g/mol. The van der Waals surface area contributed by atoms with Crippen LogP contribution in [-0.4, -0.2) is 35.0 Å². The molecule has 0 aliphatic carbocycles. The van der Waals surface area contributed by atoms with E-state index < -0.39 is 18.4 Å². The van der Waals surface area contributed by atoms with E-state index in [0.29, 0.717) is 13.0 Å². The topological polar surface area (TPSA) is 92.9 Å². The summed E-state index contributed by atoms with van der Waals surface area (Å²) >= 11 is 0. The van der Waals surface area contributed by atoms with Gasteiger partial charge in [-0.15, -0.1) is 0 Å². The maximum atomic E-state index is 10.8. The summed E-state index contributed by atoms with van der Waals surface area (Å²) in [6, 6.07) is -0.633. The second-order valence-electron chi connectivity index (χ2n) is 2.87. The fraction of sp³-hybridized carbons (Fsp3) is 0.714. The number of carboxylic acid groups (broad SMARTS) is 1. The summed E-state index contributed by atoms with van der Waals surface area (Å²) in [5, 5.41) is 8.36. The van der Waals surface area contributed by atoms with Gasteiger partial charge in [-0.1, -0.05) is 0 Å². The van der Waals surface area contributed by atoms with Gasteiger partial charge in [0.05, 0.1) is 0 Å². The number of nitrogens with zero attached hydrogens (tertiary/aromatic N) is 1. The van der Waals surface area contributed by atoms with E-state index in [1.54, 1.807) is 0 Å². The van der Waals surface area contributed by atoms with Crippen molar-refractivity contribution >= 4 is 12.2 Å². The molecule has 2 amide bonds. The van der Waals surface area contributed by atoms with Crippen LogP contribution in [0.3, 0.4) is 0 Å². The van der Waals surface area contributed by atoms with Gasteiger partial charge in [0.25, 0.3) is 0 Å². The number of urea groups is 1. The third-order valence-corrected chi connectivity index (χ3v) is 1.97. The first-order chi connectivity index (χ1) is 6.11. The minimum absolute atomic E-state index is 0.466. The molecule has 0 aromatic rings. The molecule has 1 unspecified atom stereocenters. The van der Waals surface area contributed by atoms with Crippen molar-refractivity contribution < 1.29 is 19.4 Å². The first kappa shape index (κ1) is 9.63. The van der Waals surface area contributed by atoms with Gasteiger partial charge in [-0.2, -0.15) is 0 Å². The van der Waals surface area contributed by atoms with E-state index in [2.05, 4.69) is 4.74 Å². The molecule has 1 heterocycles. The zero-order valence-electron chi connectivity index (χ0n) is 7.10. The second kappa shape index (κ2) is 3.97. The number of piperidine rings is 1. The van der Waals surface area contributed by atoms with Crippen molar-refractivity contribution in [3.8, 4) is 0 Å². The van der Waals surface area contributed by atoms with Crippen molar-refractivity contribution in [1.82, 2.24) is 4.90 Å². The molecule has 0 aromatic carbocycles. The molecule has 1 rings (SSSR count). The number of carbonyl (C=O) groups excluding carboxylic acids is 1. The van der Waals surface area contributed by atoms with Gasteiger partial charge in [-0.25, -0.2) is 9.59 Å². The van der Waals surface area contributed by atoms with Crippen LogP contribution in [0.5, 0.6) is 0 Å². The fourth-order valence-electron chi connectivity index (χ4n) is 1.39. The van der Waals surface area contributed by atoms with Crippen LogP contribution in [0.15, 0.2) is 0 Å². The van der Waals surface area contributed by atoms with E-state index in [-0.39, 0.29) is 0 Å². The molecule has 1 fully saturated rings. The standard InChI is InChI=1S/C7H12N2O4/c8-6(10)9-4-2-1-3-5(9)13-7(11)12/h5H,1-4H2,(H2,8,10)(H,11,12). The van der Waals surface area contributed by atoms with Crippen LogP contribution < -0.4 is 5.73 Å². The van der Waals surface area contributed by atoms with E-state index in [9.17, 15) is 9.59 Å². The third kappa shape index (κ3) is 2.50. The highest BCUT2D eigenvalue weighted by atomic mass is 16.7. The maximum absolute atomic E-state index is 10.8. The van der Waals surface area contributed by atoms with Crippen LogP contribution in [-0.2, 0) is 4.74 Å².